The minimum absolute atomic E-state index is 0.101. The highest BCUT2D eigenvalue weighted by Crippen LogP contribution is 2.26. The highest BCUT2D eigenvalue weighted by Gasteiger charge is 2.21. The third kappa shape index (κ3) is 7.80. The van der Waals surface area contributed by atoms with Crippen molar-refractivity contribution in [3.8, 4) is 0 Å². The molecule has 3 heterocycles. The van der Waals surface area contributed by atoms with Gasteiger partial charge in [0.1, 0.15) is 11.6 Å². The number of nitrogens with zero attached hydrogens (tertiary/aromatic N) is 5. The number of carbonyl (C=O) groups excluding carboxylic acids is 1. The number of anilines is 2. The van der Waals surface area contributed by atoms with E-state index in [0.717, 1.165) is 35.9 Å². The molecule has 1 aliphatic heterocycles. The fourth-order valence-corrected chi connectivity index (χ4v) is 5.47. The molecule has 4 aromatic rings. The Labute approximate surface area is 244 Å². The number of benzene rings is 2. The molecule has 1 aliphatic rings. The number of halogens is 1. The Hall–Kier alpha value is -4.02. The van der Waals surface area contributed by atoms with Crippen LogP contribution in [0, 0.1) is 5.82 Å². The summed E-state index contributed by atoms with van der Waals surface area (Å²) in [6.07, 6.45) is 2.44. The lowest BCUT2D eigenvalue weighted by Crippen LogP contribution is -2.47. The number of nitrogens with one attached hydrogen (secondary N) is 1. The number of piperazine rings is 1. The third-order valence-corrected chi connectivity index (χ3v) is 7.73. The zero-order valence-corrected chi connectivity index (χ0v) is 23.8. The van der Waals surface area contributed by atoms with E-state index < -0.39 is 0 Å². The van der Waals surface area contributed by atoms with Gasteiger partial charge in [0.2, 0.25) is 0 Å². The molecule has 1 N–H and O–H groups in total. The molecule has 1 fully saturated rings. The van der Waals surface area contributed by atoms with Crippen LogP contribution in [0.4, 0.5) is 15.9 Å². The third-order valence-electron chi connectivity index (χ3n) is 6.81. The van der Waals surface area contributed by atoms with Gasteiger partial charge < -0.3 is 19.9 Å². The summed E-state index contributed by atoms with van der Waals surface area (Å²) in [4.78, 5) is 30.6. The average molecular weight is 573 g/mol. The first-order valence-electron chi connectivity index (χ1n) is 13.6. The number of pyridine rings is 1. The molecular weight excluding hydrogens is 539 g/mol. The molecule has 0 aliphatic carbocycles. The minimum Gasteiger partial charge on any atom is -0.378 e. The summed E-state index contributed by atoms with van der Waals surface area (Å²) in [7, 11) is 1.65. The molecule has 0 spiro atoms. The normalized spacial score (nSPS) is 13.3. The smallest absolute Gasteiger partial charge is 0.251 e. The molecule has 41 heavy (non-hydrogen) atoms. The molecule has 10 heteroatoms. The van der Waals surface area contributed by atoms with Gasteiger partial charge in [-0.1, -0.05) is 42.1 Å². The van der Waals surface area contributed by atoms with E-state index >= 15 is 0 Å². The van der Waals surface area contributed by atoms with Crippen LogP contribution in [-0.2, 0) is 23.5 Å². The summed E-state index contributed by atoms with van der Waals surface area (Å²) >= 11 is 1.54. The van der Waals surface area contributed by atoms with E-state index in [1.54, 1.807) is 31.1 Å². The molecule has 2 aromatic heterocycles. The molecule has 0 bridgehead atoms. The van der Waals surface area contributed by atoms with Crippen molar-refractivity contribution in [2.45, 2.75) is 23.9 Å². The van der Waals surface area contributed by atoms with Crippen molar-refractivity contribution in [1.29, 1.82) is 0 Å². The van der Waals surface area contributed by atoms with Crippen LogP contribution in [0.5, 0.6) is 0 Å². The summed E-state index contributed by atoms with van der Waals surface area (Å²) in [5, 5.41) is 3.62. The van der Waals surface area contributed by atoms with Gasteiger partial charge in [-0.05, 0) is 42.0 Å². The van der Waals surface area contributed by atoms with Gasteiger partial charge in [-0.2, -0.15) is 0 Å². The molecule has 8 nitrogen and oxygen atoms in total. The highest BCUT2D eigenvalue weighted by atomic mass is 32.2. The Morgan fingerprint density at radius 1 is 0.951 bits per heavy atom. The van der Waals surface area contributed by atoms with E-state index in [2.05, 4.69) is 25.1 Å². The van der Waals surface area contributed by atoms with Crippen molar-refractivity contribution in [2.75, 3.05) is 49.6 Å². The van der Waals surface area contributed by atoms with Crippen molar-refractivity contribution in [3.63, 3.8) is 0 Å². The van der Waals surface area contributed by atoms with Crippen molar-refractivity contribution in [1.82, 2.24) is 20.3 Å². The Morgan fingerprint density at radius 3 is 2.44 bits per heavy atom. The lowest BCUT2D eigenvalue weighted by atomic mass is 10.1. The molecule has 1 saturated heterocycles. The fraction of sp³-hybridized carbons (Fsp3) is 0.290. The van der Waals surface area contributed by atoms with Gasteiger partial charge in [-0.25, -0.2) is 14.4 Å². The van der Waals surface area contributed by atoms with Crippen LogP contribution in [0.25, 0.3) is 0 Å². The minimum atomic E-state index is -0.196. The van der Waals surface area contributed by atoms with E-state index in [9.17, 15) is 9.18 Å². The van der Waals surface area contributed by atoms with Gasteiger partial charge in [0.05, 0.1) is 18.0 Å². The maximum atomic E-state index is 14.3. The topological polar surface area (TPSA) is 83.5 Å². The van der Waals surface area contributed by atoms with Gasteiger partial charge in [0, 0.05) is 75.5 Å². The lowest BCUT2D eigenvalue weighted by Gasteiger charge is -2.37. The summed E-state index contributed by atoms with van der Waals surface area (Å²) in [6.45, 7) is 3.79. The molecule has 212 valence electrons. The number of hydrogen-bond acceptors (Lipinski definition) is 8. The zero-order chi connectivity index (χ0) is 28.4. The van der Waals surface area contributed by atoms with Gasteiger partial charge in [-0.15, -0.1) is 0 Å². The second-order valence-corrected chi connectivity index (χ2v) is 10.6. The van der Waals surface area contributed by atoms with Crippen LogP contribution < -0.4 is 15.1 Å². The molecule has 2 aromatic carbocycles. The number of thioether (sulfide) groups is 1. The van der Waals surface area contributed by atoms with E-state index in [1.165, 1.54) is 6.07 Å². The highest BCUT2D eigenvalue weighted by molar-refractivity contribution is 7.98. The largest absolute Gasteiger partial charge is 0.378 e. The van der Waals surface area contributed by atoms with E-state index in [-0.39, 0.29) is 11.7 Å². The van der Waals surface area contributed by atoms with Crippen LogP contribution in [0.15, 0.2) is 84.1 Å². The van der Waals surface area contributed by atoms with Crippen molar-refractivity contribution >= 4 is 29.2 Å². The number of methoxy groups -OCH3 is 1. The standard InChI is InChI=1S/C31H33FN6O2S/c1-40-21-26-20-29(38-18-16-37(17-19-38)28-8-3-2-7-27(28)32)36-31(35-26)41-22-23-9-11-24(12-10-23)30(39)34-15-13-25-6-4-5-14-33-25/h2-12,14,20H,13,15-19,21-22H2,1H3,(H,34,39). The lowest BCUT2D eigenvalue weighted by molar-refractivity contribution is 0.0954. The second-order valence-electron chi connectivity index (χ2n) is 9.67. The van der Waals surface area contributed by atoms with Gasteiger partial charge in [0.15, 0.2) is 5.16 Å². The second kappa shape index (κ2) is 14.0. The summed E-state index contributed by atoms with van der Waals surface area (Å²) in [5.74, 6) is 1.22. The van der Waals surface area contributed by atoms with Crippen molar-refractivity contribution in [3.05, 3.63) is 107 Å². The fourth-order valence-electron chi connectivity index (χ4n) is 4.64. The average Bonchev–Trinajstić information content (AvgIpc) is 3.01. The van der Waals surface area contributed by atoms with Gasteiger partial charge in [0.25, 0.3) is 5.91 Å². The molecular formula is C31H33FN6O2S. The number of aromatic nitrogens is 3. The molecule has 0 atom stereocenters. The number of para-hydroxylation sites is 1. The number of carbonyl (C=O) groups is 1. The Morgan fingerprint density at radius 2 is 1.71 bits per heavy atom. The Kier molecular flexibility index (Phi) is 9.77. The van der Waals surface area contributed by atoms with Gasteiger partial charge >= 0.3 is 0 Å². The SMILES string of the molecule is COCc1cc(N2CCN(c3ccccc3F)CC2)nc(SCc2ccc(C(=O)NCCc3ccccn3)cc2)n1. The van der Waals surface area contributed by atoms with Crippen molar-refractivity contribution in [2.24, 2.45) is 0 Å². The summed E-state index contributed by atoms with van der Waals surface area (Å²) < 4.78 is 19.6. The van der Waals surface area contributed by atoms with Crippen LogP contribution in [0.3, 0.4) is 0 Å². The van der Waals surface area contributed by atoms with Crippen LogP contribution in [-0.4, -0.2) is 60.7 Å². The predicted octanol–water partition coefficient (Wildman–Crippen LogP) is 4.75. The zero-order valence-electron chi connectivity index (χ0n) is 23.0. The van der Waals surface area contributed by atoms with Crippen LogP contribution in [0.2, 0.25) is 0 Å². The van der Waals surface area contributed by atoms with Crippen LogP contribution >= 0.6 is 11.8 Å². The Bertz CT molecular complexity index is 1430. The number of amides is 1. The number of rotatable bonds is 11. The molecule has 1 amide bonds. The molecule has 0 saturated carbocycles. The van der Waals surface area contributed by atoms with Gasteiger partial charge in [-0.3, -0.25) is 9.78 Å². The van der Waals surface area contributed by atoms with E-state index in [0.29, 0.717) is 54.8 Å². The number of hydrogen-bond donors (Lipinski definition) is 1. The predicted molar refractivity (Wildman–Crippen MR) is 160 cm³/mol. The molecule has 5 rings (SSSR count). The van der Waals surface area contributed by atoms with E-state index in [1.807, 2.05) is 60.7 Å². The van der Waals surface area contributed by atoms with Crippen LogP contribution in [0.1, 0.15) is 27.3 Å². The first-order chi connectivity index (χ1) is 20.1. The first-order valence-corrected chi connectivity index (χ1v) is 14.6. The first kappa shape index (κ1) is 28.5. The Balaban J connectivity index is 1.17. The molecule has 0 unspecified atom stereocenters. The van der Waals surface area contributed by atoms with E-state index in [4.69, 9.17) is 9.72 Å². The quantitative estimate of drug-likeness (QED) is 0.204. The molecule has 0 radical (unpaired) electrons. The maximum Gasteiger partial charge on any atom is 0.251 e. The monoisotopic (exact) mass is 572 g/mol. The summed E-state index contributed by atoms with van der Waals surface area (Å²) in [6, 6.07) is 22.2. The summed E-state index contributed by atoms with van der Waals surface area (Å²) in [5.41, 5.74) is 4.09. The number of ether oxygens (including phenoxy) is 1. The maximum absolute atomic E-state index is 14.3. The van der Waals surface area contributed by atoms with Crippen molar-refractivity contribution < 1.29 is 13.9 Å².